The highest BCUT2D eigenvalue weighted by molar-refractivity contribution is 5.96. The Kier molecular flexibility index (Phi) is 3.29. The first-order valence-corrected chi connectivity index (χ1v) is 8.01. The van der Waals surface area contributed by atoms with Crippen LogP contribution in [0.4, 0.5) is 5.69 Å². The van der Waals surface area contributed by atoms with Crippen molar-refractivity contribution in [3.8, 4) is 5.88 Å². The summed E-state index contributed by atoms with van der Waals surface area (Å²) in [5, 5.41) is 0. The number of rotatable bonds is 2. The van der Waals surface area contributed by atoms with Crippen molar-refractivity contribution in [1.29, 1.82) is 0 Å². The molecule has 0 bridgehead atoms. The van der Waals surface area contributed by atoms with Gasteiger partial charge < -0.3 is 9.64 Å². The number of carbonyl (C=O) groups excluding carboxylic acids is 1. The molecular formula is C18H19N3O2. The third kappa shape index (κ3) is 2.46. The Hall–Kier alpha value is -2.43. The lowest BCUT2D eigenvalue weighted by molar-refractivity contribution is -0.119. The van der Waals surface area contributed by atoms with Crippen LogP contribution in [0.15, 0.2) is 24.3 Å². The summed E-state index contributed by atoms with van der Waals surface area (Å²) in [6.45, 7) is 4.42. The summed E-state index contributed by atoms with van der Waals surface area (Å²) < 4.78 is 5.99. The molecule has 0 saturated carbocycles. The van der Waals surface area contributed by atoms with Crippen LogP contribution in [0, 0.1) is 13.8 Å². The van der Waals surface area contributed by atoms with Gasteiger partial charge in [-0.05, 0) is 31.9 Å². The number of nitrogens with zero attached hydrogens (tertiary/aromatic N) is 3. The van der Waals surface area contributed by atoms with Gasteiger partial charge in [-0.3, -0.25) is 4.79 Å². The van der Waals surface area contributed by atoms with E-state index < -0.39 is 0 Å². The number of hydrogen-bond donors (Lipinski definition) is 0. The van der Waals surface area contributed by atoms with Gasteiger partial charge in [-0.2, -0.15) is 4.98 Å². The fourth-order valence-electron chi connectivity index (χ4n) is 3.47. The standard InChI is InChI=1S/C18H19N3O2/c1-11-15-9-14(23-18(15)20-12(2)19-11)10-21-16-6-4-3-5-13(16)7-8-17(21)22/h3-6,14H,7-10H2,1-2H3/t14-/m1/s1. The van der Waals surface area contributed by atoms with Gasteiger partial charge in [-0.1, -0.05) is 18.2 Å². The van der Waals surface area contributed by atoms with E-state index in [2.05, 4.69) is 16.0 Å². The molecule has 23 heavy (non-hydrogen) atoms. The molecule has 0 N–H and O–H groups in total. The zero-order chi connectivity index (χ0) is 16.0. The van der Waals surface area contributed by atoms with Gasteiger partial charge >= 0.3 is 0 Å². The number of para-hydroxylation sites is 1. The quantitative estimate of drug-likeness (QED) is 0.854. The zero-order valence-corrected chi connectivity index (χ0v) is 13.4. The van der Waals surface area contributed by atoms with Crippen molar-refractivity contribution in [2.45, 2.75) is 39.2 Å². The summed E-state index contributed by atoms with van der Waals surface area (Å²) in [7, 11) is 0. The first kappa shape index (κ1) is 14.2. The van der Waals surface area contributed by atoms with Crippen molar-refractivity contribution in [3.05, 3.63) is 46.9 Å². The fourth-order valence-corrected chi connectivity index (χ4v) is 3.47. The second-order valence-corrected chi connectivity index (χ2v) is 6.22. The van der Waals surface area contributed by atoms with Gasteiger partial charge in [0.1, 0.15) is 11.9 Å². The molecule has 2 aliphatic rings. The van der Waals surface area contributed by atoms with E-state index in [4.69, 9.17) is 4.74 Å². The van der Waals surface area contributed by atoms with Crippen LogP contribution in [0.1, 0.15) is 29.1 Å². The van der Waals surface area contributed by atoms with Crippen molar-refractivity contribution in [2.24, 2.45) is 0 Å². The maximum absolute atomic E-state index is 12.4. The van der Waals surface area contributed by atoms with Crippen LogP contribution in [0.2, 0.25) is 0 Å². The molecule has 1 atom stereocenters. The van der Waals surface area contributed by atoms with Crippen molar-refractivity contribution in [1.82, 2.24) is 9.97 Å². The number of benzene rings is 1. The summed E-state index contributed by atoms with van der Waals surface area (Å²) in [4.78, 5) is 23.0. The molecule has 0 spiro atoms. The number of amides is 1. The number of ether oxygens (including phenoxy) is 1. The molecule has 1 amide bonds. The number of anilines is 1. The van der Waals surface area contributed by atoms with E-state index in [1.807, 2.05) is 36.9 Å². The van der Waals surface area contributed by atoms with Gasteiger partial charge in [0, 0.05) is 29.8 Å². The maximum Gasteiger partial charge on any atom is 0.227 e. The van der Waals surface area contributed by atoms with Crippen LogP contribution in [0.5, 0.6) is 5.88 Å². The predicted octanol–water partition coefficient (Wildman–Crippen LogP) is 2.38. The van der Waals surface area contributed by atoms with Crippen LogP contribution in [-0.4, -0.2) is 28.5 Å². The second kappa shape index (κ2) is 5.33. The minimum atomic E-state index is -0.0603. The van der Waals surface area contributed by atoms with Gasteiger partial charge in [0.25, 0.3) is 0 Å². The second-order valence-electron chi connectivity index (χ2n) is 6.22. The van der Waals surface area contributed by atoms with E-state index in [0.717, 1.165) is 35.6 Å². The molecule has 1 aromatic heterocycles. The molecule has 1 aromatic carbocycles. The normalized spacial score (nSPS) is 19.3. The molecule has 0 aliphatic carbocycles. The number of carbonyl (C=O) groups is 1. The van der Waals surface area contributed by atoms with Crippen molar-refractivity contribution in [3.63, 3.8) is 0 Å². The number of fused-ring (bicyclic) bond motifs is 2. The smallest absolute Gasteiger partial charge is 0.227 e. The Labute approximate surface area is 135 Å². The molecule has 0 unspecified atom stereocenters. The highest BCUT2D eigenvalue weighted by Crippen LogP contribution is 2.32. The Bertz CT molecular complexity index is 788. The fraction of sp³-hybridized carbons (Fsp3) is 0.389. The highest BCUT2D eigenvalue weighted by atomic mass is 16.5. The maximum atomic E-state index is 12.4. The molecule has 5 heteroatoms. The molecule has 2 aliphatic heterocycles. The van der Waals surface area contributed by atoms with Crippen molar-refractivity contribution in [2.75, 3.05) is 11.4 Å². The largest absolute Gasteiger partial charge is 0.472 e. The van der Waals surface area contributed by atoms with Gasteiger partial charge in [0.2, 0.25) is 11.8 Å². The predicted molar refractivity (Wildman–Crippen MR) is 86.7 cm³/mol. The molecular weight excluding hydrogens is 290 g/mol. The van der Waals surface area contributed by atoms with Gasteiger partial charge in [-0.15, -0.1) is 0 Å². The lowest BCUT2D eigenvalue weighted by Crippen LogP contribution is -2.42. The van der Waals surface area contributed by atoms with Gasteiger partial charge in [0.05, 0.1) is 6.54 Å². The van der Waals surface area contributed by atoms with Crippen LogP contribution in [-0.2, 0) is 17.6 Å². The van der Waals surface area contributed by atoms with Gasteiger partial charge in [0.15, 0.2) is 0 Å². The molecule has 0 saturated heterocycles. The van der Waals surface area contributed by atoms with Crippen molar-refractivity contribution >= 4 is 11.6 Å². The molecule has 5 nitrogen and oxygen atoms in total. The zero-order valence-electron chi connectivity index (χ0n) is 13.4. The first-order chi connectivity index (χ1) is 11.1. The van der Waals surface area contributed by atoms with E-state index in [-0.39, 0.29) is 12.0 Å². The SMILES string of the molecule is Cc1nc(C)c2c(n1)O[C@@H](CN1C(=O)CCc3ccccc31)C2. The first-order valence-electron chi connectivity index (χ1n) is 8.01. The molecule has 118 valence electrons. The van der Waals surface area contributed by atoms with E-state index in [0.29, 0.717) is 18.8 Å². The third-order valence-corrected chi connectivity index (χ3v) is 4.58. The lowest BCUT2D eigenvalue weighted by Gasteiger charge is -2.31. The van der Waals surface area contributed by atoms with Crippen LogP contribution >= 0.6 is 0 Å². The van der Waals surface area contributed by atoms with E-state index in [1.54, 1.807) is 0 Å². The minimum Gasteiger partial charge on any atom is -0.472 e. The minimum absolute atomic E-state index is 0.0603. The molecule has 3 heterocycles. The molecule has 0 radical (unpaired) electrons. The Morgan fingerprint density at radius 1 is 1.22 bits per heavy atom. The van der Waals surface area contributed by atoms with Crippen molar-refractivity contribution < 1.29 is 9.53 Å². The third-order valence-electron chi connectivity index (χ3n) is 4.58. The van der Waals surface area contributed by atoms with Crippen LogP contribution in [0.3, 0.4) is 0 Å². The van der Waals surface area contributed by atoms with Crippen LogP contribution < -0.4 is 9.64 Å². The number of aromatic nitrogens is 2. The monoisotopic (exact) mass is 309 g/mol. The Balaban J connectivity index is 1.58. The summed E-state index contributed by atoms with van der Waals surface area (Å²) in [5.41, 5.74) is 4.29. The topological polar surface area (TPSA) is 55.3 Å². The lowest BCUT2D eigenvalue weighted by atomic mass is 10.0. The van der Waals surface area contributed by atoms with E-state index >= 15 is 0 Å². The van der Waals surface area contributed by atoms with Gasteiger partial charge in [-0.25, -0.2) is 4.98 Å². The molecule has 0 fully saturated rings. The van der Waals surface area contributed by atoms with E-state index in [9.17, 15) is 4.79 Å². The molecule has 4 rings (SSSR count). The molecule has 2 aromatic rings. The van der Waals surface area contributed by atoms with Crippen LogP contribution in [0.25, 0.3) is 0 Å². The Morgan fingerprint density at radius 2 is 2.04 bits per heavy atom. The summed E-state index contributed by atoms with van der Waals surface area (Å²) >= 11 is 0. The summed E-state index contributed by atoms with van der Waals surface area (Å²) in [5.74, 6) is 1.57. The van der Waals surface area contributed by atoms with E-state index in [1.165, 1.54) is 5.56 Å². The highest BCUT2D eigenvalue weighted by Gasteiger charge is 2.32. The Morgan fingerprint density at radius 3 is 2.91 bits per heavy atom. The summed E-state index contributed by atoms with van der Waals surface area (Å²) in [6, 6.07) is 8.12. The summed E-state index contributed by atoms with van der Waals surface area (Å²) in [6.07, 6.45) is 2.08. The number of hydrogen-bond acceptors (Lipinski definition) is 4. The average Bonchev–Trinajstić information content (AvgIpc) is 2.93. The number of aryl methyl sites for hydroxylation is 3. The average molecular weight is 309 g/mol.